The summed E-state index contributed by atoms with van der Waals surface area (Å²) in [4.78, 5) is 19.7. The van der Waals surface area contributed by atoms with Gasteiger partial charge in [0.25, 0.3) is 5.91 Å². The number of aryl methyl sites for hydroxylation is 1. The summed E-state index contributed by atoms with van der Waals surface area (Å²) in [7, 11) is 0. The van der Waals surface area contributed by atoms with E-state index in [1.807, 2.05) is 6.92 Å². The average Bonchev–Trinajstić information content (AvgIpc) is 2.31. The lowest BCUT2D eigenvalue weighted by Gasteiger charge is -2.08. The predicted molar refractivity (Wildman–Crippen MR) is 70.6 cm³/mol. The zero-order chi connectivity index (χ0) is 13.1. The second-order valence-electron chi connectivity index (χ2n) is 3.75. The van der Waals surface area contributed by atoms with Crippen molar-refractivity contribution in [1.82, 2.24) is 9.97 Å². The van der Waals surface area contributed by atoms with Crippen molar-refractivity contribution < 1.29 is 4.79 Å². The van der Waals surface area contributed by atoms with E-state index >= 15 is 0 Å². The fourth-order valence-electron chi connectivity index (χ4n) is 1.46. The van der Waals surface area contributed by atoms with Gasteiger partial charge in [-0.05, 0) is 30.7 Å². The van der Waals surface area contributed by atoms with Crippen LogP contribution in [0, 0.1) is 6.92 Å². The van der Waals surface area contributed by atoms with Crippen molar-refractivity contribution in [3.63, 3.8) is 0 Å². The number of rotatable bonds is 2. The molecule has 2 rings (SSSR count). The molecule has 6 heteroatoms. The minimum Gasteiger partial charge on any atom is -0.384 e. The highest BCUT2D eigenvalue weighted by Gasteiger charge is 2.09. The fourth-order valence-corrected chi connectivity index (χ4v) is 1.67. The Morgan fingerprint density at radius 1 is 1.44 bits per heavy atom. The zero-order valence-corrected chi connectivity index (χ0v) is 10.4. The molecule has 0 saturated heterocycles. The number of hydrogen-bond donors (Lipinski definition) is 2. The van der Waals surface area contributed by atoms with Crippen LogP contribution in [0.3, 0.4) is 0 Å². The van der Waals surface area contributed by atoms with Crippen LogP contribution >= 0.6 is 11.6 Å². The van der Waals surface area contributed by atoms with Gasteiger partial charge in [0, 0.05) is 23.6 Å². The van der Waals surface area contributed by atoms with Crippen molar-refractivity contribution in [2.75, 3.05) is 11.1 Å². The molecule has 2 heterocycles. The number of nitrogens with two attached hydrogens (primary N) is 1. The summed E-state index contributed by atoms with van der Waals surface area (Å²) in [5, 5.41) is 2.95. The molecule has 0 aliphatic rings. The lowest BCUT2D eigenvalue weighted by atomic mass is 10.2. The normalized spacial score (nSPS) is 10.1. The van der Waals surface area contributed by atoms with Gasteiger partial charge in [0.05, 0.1) is 0 Å². The molecule has 0 fully saturated rings. The fraction of sp³-hybridized carbons (Fsp3) is 0.0833. The molecular formula is C12H11ClN4O. The number of carbonyl (C=O) groups is 1. The minimum absolute atomic E-state index is 0.187. The maximum absolute atomic E-state index is 12.0. The topological polar surface area (TPSA) is 80.9 Å². The molecule has 0 radical (unpaired) electrons. The molecule has 18 heavy (non-hydrogen) atoms. The quantitative estimate of drug-likeness (QED) is 0.814. The Kier molecular flexibility index (Phi) is 3.43. The lowest BCUT2D eigenvalue weighted by molar-refractivity contribution is 0.102. The molecule has 92 valence electrons. The van der Waals surface area contributed by atoms with Gasteiger partial charge in [-0.1, -0.05) is 11.6 Å². The van der Waals surface area contributed by atoms with Crippen molar-refractivity contribution in [2.45, 2.75) is 6.92 Å². The van der Waals surface area contributed by atoms with E-state index in [2.05, 4.69) is 15.3 Å². The minimum atomic E-state index is -0.291. The van der Waals surface area contributed by atoms with Crippen LogP contribution < -0.4 is 11.1 Å². The number of nitrogen functional groups attached to an aromatic ring is 1. The van der Waals surface area contributed by atoms with Crippen molar-refractivity contribution in [3.05, 3.63) is 46.9 Å². The number of pyridine rings is 2. The maximum Gasteiger partial charge on any atom is 0.255 e. The third kappa shape index (κ3) is 2.75. The number of anilines is 2. The van der Waals surface area contributed by atoms with Gasteiger partial charge in [-0.2, -0.15) is 0 Å². The number of hydrogen-bond acceptors (Lipinski definition) is 4. The van der Waals surface area contributed by atoms with Crippen LogP contribution in [0.25, 0.3) is 0 Å². The third-order valence-electron chi connectivity index (χ3n) is 2.34. The van der Waals surface area contributed by atoms with Crippen LogP contribution in [0.4, 0.5) is 11.5 Å². The first-order valence-electron chi connectivity index (χ1n) is 5.21. The molecule has 0 saturated carbocycles. The number of nitrogens with zero attached hydrogens (tertiary/aromatic N) is 2. The van der Waals surface area contributed by atoms with Crippen LogP contribution in [0.2, 0.25) is 5.15 Å². The second kappa shape index (κ2) is 5.01. The Hall–Kier alpha value is -2.14. The Morgan fingerprint density at radius 3 is 2.89 bits per heavy atom. The van der Waals surface area contributed by atoms with Crippen molar-refractivity contribution in [1.29, 1.82) is 0 Å². The Morgan fingerprint density at radius 2 is 2.22 bits per heavy atom. The van der Waals surface area contributed by atoms with Crippen LogP contribution in [0.1, 0.15) is 15.9 Å². The first-order chi connectivity index (χ1) is 8.56. The lowest BCUT2D eigenvalue weighted by Crippen LogP contribution is -2.13. The van der Waals surface area contributed by atoms with Gasteiger partial charge in [0.2, 0.25) is 0 Å². The molecule has 0 bridgehead atoms. The molecule has 0 aliphatic heterocycles. The zero-order valence-electron chi connectivity index (χ0n) is 9.64. The van der Waals surface area contributed by atoms with E-state index in [1.54, 1.807) is 18.5 Å². The summed E-state index contributed by atoms with van der Waals surface area (Å²) in [5.74, 6) is -0.0839. The number of halogens is 1. The van der Waals surface area contributed by atoms with Crippen molar-refractivity contribution >= 4 is 29.0 Å². The number of carbonyl (C=O) groups excluding carboxylic acids is 1. The van der Waals surface area contributed by atoms with Crippen LogP contribution in [-0.4, -0.2) is 15.9 Å². The van der Waals surface area contributed by atoms with E-state index in [0.29, 0.717) is 11.3 Å². The number of aromatic nitrogens is 2. The molecule has 2 aromatic heterocycles. The summed E-state index contributed by atoms with van der Waals surface area (Å²) >= 11 is 5.75. The molecule has 0 unspecified atom stereocenters. The van der Waals surface area contributed by atoms with E-state index in [0.717, 1.165) is 5.56 Å². The predicted octanol–water partition coefficient (Wildman–Crippen LogP) is 2.27. The summed E-state index contributed by atoms with van der Waals surface area (Å²) in [5.41, 5.74) is 7.47. The van der Waals surface area contributed by atoms with Crippen LogP contribution in [0.5, 0.6) is 0 Å². The Bertz CT molecular complexity index is 580. The first kappa shape index (κ1) is 12.3. The molecule has 3 N–H and O–H groups in total. The molecule has 0 aliphatic carbocycles. The third-order valence-corrected chi connectivity index (χ3v) is 2.54. The van der Waals surface area contributed by atoms with Gasteiger partial charge in [-0.25, -0.2) is 4.98 Å². The standard InChI is InChI=1S/C12H11ClN4O/c1-7-6-15-3-2-9(7)16-12(18)8-4-10(13)17-11(14)5-8/h2-6H,1H3,(H2,14,17)(H,15,16,18). The molecule has 1 amide bonds. The number of amides is 1. The van der Waals surface area contributed by atoms with Crippen LogP contribution in [-0.2, 0) is 0 Å². The summed E-state index contributed by atoms with van der Waals surface area (Å²) in [6.07, 6.45) is 3.28. The molecule has 5 nitrogen and oxygen atoms in total. The number of nitrogens with one attached hydrogen (secondary N) is 1. The SMILES string of the molecule is Cc1cnccc1NC(=O)c1cc(N)nc(Cl)c1. The van der Waals surface area contributed by atoms with E-state index < -0.39 is 0 Å². The van der Waals surface area contributed by atoms with Gasteiger partial charge >= 0.3 is 0 Å². The Labute approximate surface area is 109 Å². The van der Waals surface area contributed by atoms with Gasteiger partial charge in [-0.15, -0.1) is 0 Å². The van der Waals surface area contributed by atoms with E-state index in [-0.39, 0.29) is 16.9 Å². The highest BCUT2D eigenvalue weighted by Crippen LogP contribution is 2.16. The summed E-state index contributed by atoms with van der Waals surface area (Å²) in [6, 6.07) is 4.65. The van der Waals surface area contributed by atoms with Gasteiger partial charge in [0.1, 0.15) is 11.0 Å². The van der Waals surface area contributed by atoms with Crippen molar-refractivity contribution in [2.24, 2.45) is 0 Å². The highest BCUT2D eigenvalue weighted by molar-refractivity contribution is 6.30. The largest absolute Gasteiger partial charge is 0.384 e. The second-order valence-corrected chi connectivity index (χ2v) is 4.14. The van der Waals surface area contributed by atoms with E-state index in [4.69, 9.17) is 17.3 Å². The molecule has 2 aromatic rings. The maximum atomic E-state index is 12.0. The van der Waals surface area contributed by atoms with Gasteiger partial charge in [0.15, 0.2) is 0 Å². The molecule has 0 spiro atoms. The smallest absolute Gasteiger partial charge is 0.255 e. The monoisotopic (exact) mass is 262 g/mol. The summed E-state index contributed by atoms with van der Waals surface area (Å²) < 4.78 is 0. The van der Waals surface area contributed by atoms with Crippen LogP contribution in [0.15, 0.2) is 30.6 Å². The average molecular weight is 263 g/mol. The molecule has 0 aromatic carbocycles. The molecular weight excluding hydrogens is 252 g/mol. The first-order valence-corrected chi connectivity index (χ1v) is 5.59. The molecule has 0 atom stereocenters. The van der Waals surface area contributed by atoms with Crippen molar-refractivity contribution in [3.8, 4) is 0 Å². The Balaban J connectivity index is 2.25. The van der Waals surface area contributed by atoms with E-state index in [9.17, 15) is 4.79 Å². The van der Waals surface area contributed by atoms with Gasteiger partial charge in [-0.3, -0.25) is 9.78 Å². The highest BCUT2D eigenvalue weighted by atomic mass is 35.5. The van der Waals surface area contributed by atoms with Gasteiger partial charge < -0.3 is 11.1 Å². The van der Waals surface area contributed by atoms with E-state index in [1.165, 1.54) is 12.1 Å². The summed E-state index contributed by atoms with van der Waals surface area (Å²) in [6.45, 7) is 1.86.